The van der Waals surface area contributed by atoms with Crippen LogP contribution in [0.5, 0.6) is 0 Å². The number of rotatable bonds is 5. The Morgan fingerprint density at radius 2 is 1.97 bits per heavy atom. The van der Waals surface area contributed by atoms with E-state index in [1.807, 2.05) is 31.2 Å². The first-order chi connectivity index (χ1) is 14.4. The predicted octanol–water partition coefficient (Wildman–Crippen LogP) is 4.93. The third kappa shape index (κ3) is 4.01. The van der Waals surface area contributed by atoms with Crippen molar-refractivity contribution in [2.75, 3.05) is 11.1 Å². The average molecular weight is 440 g/mol. The zero-order valence-corrected chi connectivity index (χ0v) is 17.9. The van der Waals surface area contributed by atoms with Crippen molar-refractivity contribution in [1.29, 1.82) is 0 Å². The molecule has 0 saturated heterocycles. The van der Waals surface area contributed by atoms with Gasteiger partial charge in [0.2, 0.25) is 5.91 Å². The van der Waals surface area contributed by atoms with Crippen LogP contribution in [0.2, 0.25) is 0 Å². The number of anilines is 1. The lowest BCUT2D eigenvalue weighted by Crippen LogP contribution is -2.22. The molecule has 0 aliphatic carbocycles. The highest BCUT2D eigenvalue weighted by molar-refractivity contribution is 7.99. The third-order valence-electron chi connectivity index (χ3n) is 4.60. The van der Waals surface area contributed by atoms with Crippen molar-refractivity contribution in [2.45, 2.75) is 19.0 Å². The van der Waals surface area contributed by atoms with E-state index in [0.717, 1.165) is 11.3 Å². The summed E-state index contributed by atoms with van der Waals surface area (Å²) in [4.78, 5) is 30.2. The molecular weight excluding hydrogens is 421 g/mol. The van der Waals surface area contributed by atoms with Crippen LogP contribution < -0.4 is 10.9 Å². The number of thioether (sulfide) groups is 1. The van der Waals surface area contributed by atoms with Gasteiger partial charge in [0, 0.05) is 5.69 Å². The van der Waals surface area contributed by atoms with E-state index < -0.39 is 0 Å². The summed E-state index contributed by atoms with van der Waals surface area (Å²) in [6.45, 7) is 3.56. The molecule has 0 fully saturated rings. The van der Waals surface area contributed by atoms with Crippen molar-refractivity contribution < 1.29 is 9.18 Å². The third-order valence-corrected chi connectivity index (χ3v) is 6.43. The van der Waals surface area contributed by atoms with Crippen LogP contribution in [0.4, 0.5) is 10.1 Å². The fraction of sp³-hybridized carbons (Fsp3) is 0.136. The van der Waals surface area contributed by atoms with Crippen LogP contribution in [0.1, 0.15) is 11.1 Å². The molecule has 0 unspecified atom stereocenters. The number of para-hydroxylation sites is 1. The van der Waals surface area contributed by atoms with Gasteiger partial charge in [-0.2, -0.15) is 0 Å². The molecule has 0 spiro atoms. The van der Waals surface area contributed by atoms with Gasteiger partial charge in [0.25, 0.3) is 5.56 Å². The number of aryl methyl sites for hydroxylation is 2. The maximum atomic E-state index is 13.8. The maximum absolute atomic E-state index is 13.8. The van der Waals surface area contributed by atoms with Crippen LogP contribution in [0.3, 0.4) is 0 Å². The van der Waals surface area contributed by atoms with Crippen LogP contribution in [0.25, 0.3) is 15.9 Å². The van der Waals surface area contributed by atoms with Gasteiger partial charge in [0.1, 0.15) is 10.5 Å². The normalized spacial score (nSPS) is 11.0. The van der Waals surface area contributed by atoms with E-state index in [1.165, 1.54) is 33.7 Å². The van der Waals surface area contributed by atoms with Crippen molar-refractivity contribution in [3.05, 3.63) is 81.2 Å². The van der Waals surface area contributed by atoms with Gasteiger partial charge in [0.15, 0.2) is 5.16 Å². The highest BCUT2D eigenvalue weighted by Gasteiger charge is 2.16. The summed E-state index contributed by atoms with van der Waals surface area (Å²) in [5, 5.41) is 5.07. The van der Waals surface area contributed by atoms with Crippen molar-refractivity contribution in [2.24, 2.45) is 0 Å². The number of aromatic nitrogens is 2. The lowest BCUT2D eigenvalue weighted by molar-refractivity contribution is -0.113. The minimum atomic E-state index is -0.344. The lowest BCUT2D eigenvalue weighted by Gasteiger charge is -2.13. The molecule has 2 aromatic heterocycles. The Balaban J connectivity index is 1.67. The van der Waals surface area contributed by atoms with Gasteiger partial charge in [-0.3, -0.25) is 14.2 Å². The molecule has 0 saturated carbocycles. The van der Waals surface area contributed by atoms with E-state index >= 15 is 0 Å². The van der Waals surface area contributed by atoms with Gasteiger partial charge in [-0.1, -0.05) is 30.0 Å². The Kier molecular flexibility index (Phi) is 5.69. The first-order valence-corrected chi connectivity index (χ1v) is 11.1. The molecular formula is C22H18FN3O2S2. The standard InChI is InChI=1S/C22H18FN3O2S2/c1-13-5-3-4-6-17(13)24-19(27)12-30-22-25-18-9-10-29-20(18)21(28)26(22)15-7-8-16(23)14(2)11-15/h3-11H,12H2,1-2H3,(H,24,27). The summed E-state index contributed by atoms with van der Waals surface area (Å²) in [7, 11) is 0. The molecule has 152 valence electrons. The Bertz CT molecular complexity index is 1310. The summed E-state index contributed by atoms with van der Waals surface area (Å²) in [5.41, 5.74) is 3.01. The highest BCUT2D eigenvalue weighted by atomic mass is 32.2. The summed E-state index contributed by atoms with van der Waals surface area (Å²) in [6.07, 6.45) is 0. The molecule has 0 bridgehead atoms. The number of nitrogens with zero attached hydrogens (tertiary/aromatic N) is 2. The van der Waals surface area contributed by atoms with Crippen LogP contribution in [-0.4, -0.2) is 21.2 Å². The van der Waals surface area contributed by atoms with Gasteiger partial charge in [-0.25, -0.2) is 9.37 Å². The zero-order valence-electron chi connectivity index (χ0n) is 16.3. The van der Waals surface area contributed by atoms with Gasteiger partial charge < -0.3 is 5.32 Å². The fourth-order valence-electron chi connectivity index (χ4n) is 3.01. The Morgan fingerprint density at radius 1 is 1.17 bits per heavy atom. The number of amides is 1. The summed E-state index contributed by atoms with van der Waals surface area (Å²) >= 11 is 2.48. The van der Waals surface area contributed by atoms with Crippen molar-refractivity contribution in [3.63, 3.8) is 0 Å². The molecule has 5 nitrogen and oxygen atoms in total. The van der Waals surface area contributed by atoms with E-state index in [2.05, 4.69) is 10.3 Å². The number of hydrogen-bond donors (Lipinski definition) is 1. The van der Waals surface area contributed by atoms with Gasteiger partial charge in [-0.05, 0) is 60.7 Å². The first kappa shape index (κ1) is 20.3. The summed E-state index contributed by atoms with van der Waals surface area (Å²) in [6, 6.07) is 13.8. The van der Waals surface area contributed by atoms with Gasteiger partial charge >= 0.3 is 0 Å². The molecule has 30 heavy (non-hydrogen) atoms. The van der Waals surface area contributed by atoms with Crippen LogP contribution in [0, 0.1) is 19.7 Å². The number of hydrogen-bond acceptors (Lipinski definition) is 5. The second kappa shape index (κ2) is 8.41. The largest absolute Gasteiger partial charge is 0.325 e. The van der Waals surface area contributed by atoms with Crippen LogP contribution in [-0.2, 0) is 4.79 Å². The highest BCUT2D eigenvalue weighted by Crippen LogP contribution is 2.25. The molecule has 4 aromatic rings. The molecule has 2 heterocycles. The van der Waals surface area contributed by atoms with Gasteiger partial charge in [-0.15, -0.1) is 11.3 Å². The quantitative estimate of drug-likeness (QED) is 0.354. The van der Waals surface area contributed by atoms with E-state index in [4.69, 9.17) is 0 Å². The number of benzene rings is 2. The van der Waals surface area contributed by atoms with Crippen LogP contribution in [0.15, 0.2) is 63.9 Å². The topological polar surface area (TPSA) is 64.0 Å². The summed E-state index contributed by atoms with van der Waals surface area (Å²) < 4.78 is 15.7. The summed E-state index contributed by atoms with van der Waals surface area (Å²) in [5.74, 6) is -0.462. The van der Waals surface area contributed by atoms with Crippen molar-refractivity contribution in [3.8, 4) is 5.69 Å². The lowest BCUT2D eigenvalue weighted by atomic mass is 10.2. The van der Waals surface area contributed by atoms with Gasteiger partial charge in [0.05, 0.1) is 17.0 Å². The Hall–Kier alpha value is -2.97. The van der Waals surface area contributed by atoms with Crippen LogP contribution >= 0.6 is 23.1 Å². The first-order valence-electron chi connectivity index (χ1n) is 9.19. The molecule has 8 heteroatoms. The fourth-order valence-corrected chi connectivity index (χ4v) is 4.59. The molecule has 0 radical (unpaired) electrons. The molecule has 0 atom stereocenters. The molecule has 1 N–H and O–H groups in total. The number of carbonyl (C=O) groups excluding carboxylic acids is 1. The zero-order chi connectivity index (χ0) is 21.3. The Morgan fingerprint density at radius 3 is 2.73 bits per heavy atom. The minimum Gasteiger partial charge on any atom is -0.325 e. The average Bonchev–Trinajstić information content (AvgIpc) is 3.19. The number of halogens is 1. The van der Waals surface area contributed by atoms with E-state index in [-0.39, 0.29) is 23.0 Å². The van der Waals surface area contributed by atoms with E-state index in [0.29, 0.717) is 26.6 Å². The number of thiophene rings is 1. The smallest absolute Gasteiger partial charge is 0.276 e. The SMILES string of the molecule is Cc1cc(-n2c(SCC(=O)Nc3ccccc3C)nc3ccsc3c2=O)ccc1F. The van der Waals surface area contributed by atoms with Crippen molar-refractivity contribution >= 4 is 44.9 Å². The minimum absolute atomic E-state index is 0.0800. The molecule has 1 amide bonds. The van der Waals surface area contributed by atoms with E-state index in [1.54, 1.807) is 30.5 Å². The van der Waals surface area contributed by atoms with Crippen molar-refractivity contribution in [1.82, 2.24) is 9.55 Å². The Labute approximate surface area is 180 Å². The van der Waals surface area contributed by atoms with E-state index in [9.17, 15) is 14.0 Å². The molecule has 4 rings (SSSR count). The predicted molar refractivity (Wildman–Crippen MR) is 120 cm³/mol. The molecule has 2 aromatic carbocycles. The molecule has 0 aliphatic heterocycles. The monoisotopic (exact) mass is 439 g/mol. The maximum Gasteiger partial charge on any atom is 0.276 e. The number of nitrogens with one attached hydrogen (secondary N) is 1. The number of fused-ring (bicyclic) bond motifs is 1. The molecule has 0 aliphatic rings. The number of carbonyl (C=O) groups is 1. The second-order valence-corrected chi connectivity index (χ2v) is 8.61. The second-order valence-electron chi connectivity index (χ2n) is 6.76.